The van der Waals surface area contributed by atoms with Gasteiger partial charge in [0.05, 0.1) is 5.56 Å². The van der Waals surface area contributed by atoms with E-state index >= 15 is 0 Å². The first kappa shape index (κ1) is 23.2. The minimum absolute atomic E-state index is 0.354. The van der Waals surface area contributed by atoms with Crippen molar-refractivity contribution in [2.24, 2.45) is 0 Å². The van der Waals surface area contributed by atoms with Crippen molar-refractivity contribution >= 4 is 28.9 Å². The van der Waals surface area contributed by atoms with E-state index in [4.69, 9.17) is 16.3 Å². The third-order valence-electron chi connectivity index (χ3n) is 6.63. The fourth-order valence-electron chi connectivity index (χ4n) is 4.83. The maximum atomic E-state index is 13.0. The number of rotatable bonds is 8. The second-order valence-corrected chi connectivity index (χ2v) is 8.64. The average Bonchev–Trinajstić information content (AvgIpc) is 3.14. The van der Waals surface area contributed by atoms with E-state index < -0.39 is 5.60 Å². The van der Waals surface area contributed by atoms with Crippen molar-refractivity contribution in [3.63, 3.8) is 0 Å². The number of anilines is 2. The fourth-order valence-corrected chi connectivity index (χ4v) is 5.00. The number of ether oxygens (including phenoxy) is 1. The van der Waals surface area contributed by atoms with Crippen molar-refractivity contribution in [1.29, 1.82) is 0 Å². The molecule has 33 heavy (non-hydrogen) atoms. The Morgan fingerprint density at radius 3 is 1.61 bits per heavy atom. The van der Waals surface area contributed by atoms with Gasteiger partial charge in [-0.05, 0) is 64.1 Å². The minimum atomic E-state index is -1.01. The van der Waals surface area contributed by atoms with Gasteiger partial charge in [-0.1, -0.05) is 41.9 Å². The van der Waals surface area contributed by atoms with E-state index in [-0.39, 0.29) is 5.97 Å². The molecule has 0 saturated heterocycles. The average molecular weight is 463 g/mol. The van der Waals surface area contributed by atoms with E-state index in [1.165, 1.54) is 0 Å². The van der Waals surface area contributed by atoms with Gasteiger partial charge in [0.1, 0.15) is 0 Å². The van der Waals surface area contributed by atoms with Crippen molar-refractivity contribution in [3.05, 3.63) is 94.0 Å². The predicted octanol–water partition coefficient (Wildman–Crippen LogP) is 6.49. The molecule has 1 aliphatic heterocycles. The van der Waals surface area contributed by atoms with Crippen LogP contribution in [0.2, 0.25) is 5.02 Å². The molecule has 4 nitrogen and oxygen atoms in total. The van der Waals surface area contributed by atoms with Crippen molar-refractivity contribution in [2.75, 3.05) is 36.0 Å². The van der Waals surface area contributed by atoms with Crippen molar-refractivity contribution in [3.8, 4) is 0 Å². The molecule has 0 spiro atoms. The van der Waals surface area contributed by atoms with Crippen LogP contribution in [0, 0.1) is 0 Å². The Labute approximate surface area is 201 Å². The topological polar surface area (TPSA) is 32.8 Å². The van der Waals surface area contributed by atoms with Gasteiger partial charge in [-0.3, -0.25) is 0 Å². The minimum Gasteiger partial charge on any atom is -0.441 e. The first-order chi connectivity index (χ1) is 16.0. The van der Waals surface area contributed by atoms with E-state index in [0.717, 1.165) is 54.2 Å². The van der Waals surface area contributed by atoms with E-state index in [1.807, 2.05) is 12.1 Å². The summed E-state index contributed by atoms with van der Waals surface area (Å²) in [6.07, 6.45) is 0. The quantitative estimate of drug-likeness (QED) is 0.358. The Morgan fingerprint density at radius 2 is 1.18 bits per heavy atom. The molecule has 3 aromatic carbocycles. The maximum Gasteiger partial charge on any atom is 0.340 e. The normalized spacial score (nSPS) is 14.0. The van der Waals surface area contributed by atoms with Crippen LogP contribution in [-0.2, 0) is 10.3 Å². The largest absolute Gasteiger partial charge is 0.441 e. The highest BCUT2D eigenvalue weighted by molar-refractivity contribution is 6.31. The summed E-state index contributed by atoms with van der Waals surface area (Å²) in [5.74, 6) is -0.354. The number of halogens is 1. The molecule has 0 aromatic heterocycles. The molecule has 3 aromatic rings. The van der Waals surface area contributed by atoms with Crippen LogP contribution in [0.25, 0.3) is 0 Å². The molecule has 1 heterocycles. The zero-order valence-electron chi connectivity index (χ0n) is 19.8. The molecule has 4 rings (SSSR count). The summed E-state index contributed by atoms with van der Waals surface area (Å²) in [5.41, 5.74) is 4.46. The zero-order valence-corrected chi connectivity index (χ0v) is 20.5. The molecule has 5 heteroatoms. The summed E-state index contributed by atoms with van der Waals surface area (Å²) in [6, 6.07) is 22.2. The molecule has 0 N–H and O–H groups in total. The van der Waals surface area contributed by atoms with Gasteiger partial charge in [-0.25, -0.2) is 4.79 Å². The molecule has 0 bridgehead atoms. The van der Waals surface area contributed by atoms with Gasteiger partial charge in [-0.2, -0.15) is 0 Å². The number of esters is 1. The summed E-state index contributed by atoms with van der Waals surface area (Å²) in [7, 11) is 0. The Balaban J connectivity index is 1.88. The van der Waals surface area contributed by atoms with Gasteiger partial charge in [0, 0.05) is 59.3 Å². The van der Waals surface area contributed by atoms with Gasteiger partial charge in [-0.15, -0.1) is 0 Å². The van der Waals surface area contributed by atoms with Gasteiger partial charge in [0.25, 0.3) is 0 Å². The lowest BCUT2D eigenvalue weighted by Gasteiger charge is -2.31. The van der Waals surface area contributed by atoms with E-state index in [9.17, 15) is 4.79 Å². The molecule has 0 aliphatic carbocycles. The molecule has 172 valence electrons. The van der Waals surface area contributed by atoms with Crippen LogP contribution >= 0.6 is 11.6 Å². The summed E-state index contributed by atoms with van der Waals surface area (Å²) in [4.78, 5) is 17.6. The standard InChI is InChI=1S/C28H31ClN2O2/c1-5-30(6-2)23-14-9-20(10-15-23)28(21-11-16-24(17-12-21)31(7-3)8-4)26-18-13-22(29)19-25(26)27(32)33-28/h9-19H,5-8H2,1-4H3. The highest BCUT2D eigenvalue weighted by atomic mass is 35.5. The number of nitrogens with zero attached hydrogens (tertiary/aromatic N) is 2. The summed E-state index contributed by atoms with van der Waals surface area (Å²) in [6.45, 7) is 12.3. The van der Waals surface area contributed by atoms with Crippen LogP contribution in [0.15, 0.2) is 66.7 Å². The van der Waals surface area contributed by atoms with Crippen LogP contribution in [0.5, 0.6) is 0 Å². The number of hydrogen-bond donors (Lipinski definition) is 0. The summed E-state index contributed by atoms with van der Waals surface area (Å²) in [5, 5.41) is 0.523. The number of benzene rings is 3. The fraction of sp³-hybridized carbons (Fsp3) is 0.321. The third kappa shape index (κ3) is 3.97. The molecule has 0 amide bonds. The summed E-state index contributed by atoms with van der Waals surface area (Å²) >= 11 is 6.23. The highest BCUT2D eigenvalue weighted by Gasteiger charge is 2.48. The molecule has 0 fully saturated rings. The van der Waals surface area contributed by atoms with Gasteiger partial charge >= 0.3 is 5.97 Å². The number of fused-ring (bicyclic) bond motifs is 1. The predicted molar refractivity (Wildman–Crippen MR) is 137 cm³/mol. The van der Waals surface area contributed by atoms with Gasteiger partial charge in [0.15, 0.2) is 5.60 Å². The Hall–Kier alpha value is -2.98. The lowest BCUT2D eigenvalue weighted by atomic mass is 9.79. The molecule has 1 aliphatic rings. The molecule has 0 radical (unpaired) electrons. The van der Waals surface area contributed by atoms with Gasteiger partial charge < -0.3 is 14.5 Å². The number of carbonyl (C=O) groups is 1. The zero-order chi connectivity index (χ0) is 23.6. The first-order valence-electron chi connectivity index (χ1n) is 11.7. The smallest absolute Gasteiger partial charge is 0.340 e. The second-order valence-electron chi connectivity index (χ2n) is 8.20. The number of carbonyl (C=O) groups excluding carboxylic acids is 1. The lowest BCUT2D eigenvalue weighted by Crippen LogP contribution is -2.30. The van der Waals surface area contributed by atoms with Crippen LogP contribution in [0.4, 0.5) is 11.4 Å². The first-order valence-corrected chi connectivity index (χ1v) is 12.1. The van der Waals surface area contributed by atoms with Crippen LogP contribution in [-0.4, -0.2) is 32.1 Å². The van der Waals surface area contributed by atoms with Crippen LogP contribution < -0.4 is 9.80 Å². The third-order valence-corrected chi connectivity index (χ3v) is 6.87. The Morgan fingerprint density at radius 1 is 0.727 bits per heavy atom. The molecule has 0 atom stereocenters. The molecule has 0 unspecified atom stereocenters. The number of cyclic esters (lactones) is 1. The SMILES string of the molecule is CCN(CC)c1ccc(C2(c3ccc(N(CC)CC)cc3)OC(=O)c3cc(Cl)ccc32)cc1. The Kier molecular flexibility index (Phi) is 6.66. The molecular formula is C28H31ClN2O2. The number of hydrogen-bond acceptors (Lipinski definition) is 4. The van der Waals surface area contributed by atoms with E-state index in [0.29, 0.717) is 10.6 Å². The monoisotopic (exact) mass is 462 g/mol. The van der Waals surface area contributed by atoms with E-state index in [2.05, 4.69) is 86.0 Å². The van der Waals surface area contributed by atoms with Crippen molar-refractivity contribution in [1.82, 2.24) is 0 Å². The van der Waals surface area contributed by atoms with Crippen molar-refractivity contribution in [2.45, 2.75) is 33.3 Å². The highest BCUT2D eigenvalue weighted by Crippen LogP contribution is 2.48. The van der Waals surface area contributed by atoms with Crippen molar-refractivity contribution < 1.29 is 9.53 Å². The maximum absolute atomic E-state index is 13.0. The second kappa shape index (κ2) is 9.48. The Bertz CT molecular complexity index is 1060. The lowest BCUT2D eigenvalue weighted by molar-refractivity contribution is 0.0251. The molecular weight excluding hydrogens is 432 g/mol. The van der Waals surface area contributed by atoms with Gasteiger partial charge in [0.2, 0.25) is 0 Å². The van der Waals surface area contributed by atoms with Crippen LogP contribution in [0.1, 0.15) is 54.7 Å². The summed E-state index contributed by atoms with van der Waals surface area (Å²) < 4.78 is 6.23. The molecule has 0 saturated carbocycles. The van der Waals surface area contributed by atoms with E-state index in [1.54, 1.807) is 6.07 Å². The van der Waals surface area contributed by atoms with Crippen LogP contribution in [0.3, 0.4) is 0 Å².